The molecule has 3 aromatic rings. The van der Waals surface area contributed by atoms with E-state index in [0.29, 0.717) is 28.9 Å². The Morgan fingerprint density at radius 2 is 1.97 bits per heavy atom. The van der Waals surface area contributed by atoms with Crippen molar-refractivity contribution >= 4 is 34.6 Å². The number of ether oxygens (including phenoxy) is 1. The lowest BCUT2D eigenvalue weighted by Gasteiger charge is -2.17. The molecule has 33 heavy (non-hydrogen) atoms. The first-order chi connectivity index (χ1) is 16.1. The molecule has 3 heterocycles. The third-order valence-corrected chi connectivity index (χ3v) is 6.74. The van der Waals surface area contributed by atoms with Crippen molar-refractivity contribution in [2.24, 2.45) is 0 Å². The first-order valence-corrected chi connectivity index (χ1v) is 12.8. The minimum Gasteiger partial charge on any atom is -0.494 e. The zero-order chi connectivity index (χ0) is 23.0. The Labute approximate surface area is 203 Å². The van der Waals surface area contributed by atoms with Gasteiger partial charge in [-0.3, -0.25) is 19.4 Å². The molecule has 0 aliphatic carbocycles. The van der Waals surface area contributed by atoms with Gasteiger partial charge in [-0.05, 0) is 69.3 Å². The second-order valence-electron chi connectivity index (χ2n) is 8.09. The van der Waals surface area contributed by atoms with Crippen LogP contribution in [0.3, 0.4) is 0 Å². The molecular formula is C23H30N6O2S2. The highest BCUT2D eigenvalue weighted by atomic mass is 32.1. The average Bonchev–Trinajstić information content (AvgIpc) is 3.30. The quantitative estimate of drug-likeness (QED) is 0.420. The van der Waals surface area contributed by atoms with Crippen molar-refractivity contribution in [2.75, 3.05) is 25.0 Å². The number of nitrogens with one attached hydrogen (secondary N) is 2. The number of benzene rings is 1. The summed E-state index contributed by atoms with van der Waals surface area (Å²) in [7, 11) is 0. The Morgan fingerprint density at radius 3 is 2.70 bits per heavy atom. The van der Waals surface area contributed by atoms with E-state index in [2.05, 4.69) is 25.4 Å². The number of nitrogens with zero attached hydrogens (tertiary/aromatic N) is 4. The largest absolute Gasteiger partial charge is 0.494 e. The number of hydrogen-bond donors (Lipinski definition) is 2. The number of aromatic nitrogens is 4. The summed E-state index contributed by atoms with van der Waals surface area (Å²) >= 11 is 6.86. The van der Waals surface area contributed by atoms with Crippen LogP contribution in [0.25, 0.3) is 11.4 Å². The van der Waals surface area contributed by atoms with E-state index in [1.165, 1.54) is 37.0 Å². The van der Waals surface area contributed by atoms with Gasteiger partial charge in [-0.15, -0.1) is 11.3 Å². The van der Waals surface area contributed by atoms with E-state index in [0.717, 1.165) is 36.6 Å². The lowest BCUT2D eigenvalue weighted by Crippen LogP contribution is -2.24. The van der Waals surface area contributed by atoms with Gasteiger partial charge in [0.25, 0.3) is 0 Å². The van der Waals surface area contributed by atoms with Crippen LogP contribution in [0, 0.1) is 4.77 Å². The maximum absolute atomic E-state index is 12.6. The van der Waals surface area contributed by atoms with Gasteiger partial charge in [0.05, 0.1) is 12.3 Å². The molecule has 1 saturated heterocycles. The first-order valence-electron chi connectivity index (χ1n) is 11.5. The fourth-order valence-corrected chi connectivity index (χ4v) is 4.91. The Balaban J connectivity index is 1.33. The number of likely N-dealkylation sites (tertiary alicyclic amines) is 1. The van der Waals surface area contributed by atoms with Crippen LogP contribution in [0.1, 0.15) is 44.7 Å². The van der Waals surface area contributed by atoms with Crippen molar-refractivity contribution in [1.29, 1.82) is 0 Å². The van der Waals surface area contributed by atoms with Gasteiger partial charge in [0, 0.05) is 30.5 Å². The number of carbonyl (C=O) groups is 1. The lowest BCUT2D eigenvalue weighted by molar-refractivity contribution is -0.116. The van der Waals surface area contributed by atoms with Gasteiger partial charge in [-0.25, -0.2) is 4.98 Å². The van der Waals surface area contributed by atoms with Gasteiger partial charge >= 0.3 is 0 Å². The lowest BCUT2D eigenvalue weighted by atomic mass is 10.2. The molecule has 0 bridgehead atoms. The Morgan fingerprint density at radius 1 is 1.21 bits per heavy atom. The second kappa shape index (κ2) is 11.5. The van der Waals surface area contributed by atoms with Crippen LogP contribution >= 0.6 is 23.6 Å². The van der Waals surface area contributed by atoms with E-state index < -0.39 is 0 Å². The van der Waals surface area contributed by atoms with Gasteiger partial charge in [0.15, 0.2) is 15.7 Å². The number of hydrogen-bond acceptors (Lipinski definition) is 7. The van der Waals surface area contributed by atoms with Gasteiger partial charge in [-0.1, -0.05) is 12.8 Å². The van der Waals surface area contributed by atoms with Gasteiger partial charge in [-0.2, -0.15) is 5.10 Å². The molecule has 1 aliphatic rings. The minimum absolute atomic E-state index is 0.0913. The average molecular weight is 487 g/mol. The minimum atomic E-state index is -0.0913. The number of aromatic amines is 1. The number of thiazole rings is 1. The van der Waals surface area contributed by atoms with Crippen LogP contribution in [0.15, 0.2) is 29.6 Å². The Kier molecular flexibility index (Phi) is 8.25. The SMILES string of the molecule is CCOc1ccc(-c2n[nH]c(=S)n2CCC(=O)Nc2nc(CN3CCCCCC3)cs2)cc1. The van der Waals surface area contributed by atoms with Crippen LogP contribution in [-0.2, 0) is 17.9 Å². The smallest absolute Gasteiger partial charge is 0.227 e. The maximum atomic E-state index is 12.6. The zero-order valence-corrected chi connectivity index (χ0v) is 20.5. The van der Waals surface area contributed by atoms with E-state index in [-0.39, 0.29) is 12.3 Å². The summed E-state index contributed by atoms with van der Waals surface area (Å²) < 4.78 is 7.83. The molecule has 2 aromatic heterocycles. The van der Waals surface area contributed by atoms with Crippen molar-refractivity contribution in [1.82, 2.24) is 24.6 Å². The van der Waals surface area contributed by atoms with E-state index in [1.54, 1.807) is 0 Å². The van der Waals surface area contributed by atoms with Gasteiger partial charge in [0.2, 0.25) is 5.91 Å². The van der Waals surface area contributed by atoms with Crippen LogP contribution in [-0.4, -0.2) is 50.3 Å². The highest BCUT2D eigenvalue weighted by Gasteiger charge is 2.14. The number of carbonyl (C=O) groups excluding carboxylic acids is 1. The maximum Gasteiger partial charge on any atom is 0.227 e. The van der Waals surface area contributed by atoms with E-state index >= 15 is 0 Å². The number of anilines is 1. The van der Waals surface area contributed by atoms with Crippen LogP contribution < -0.4 is 10.1 Å². The number of amides is 1. The van der Waals surface area contributed by atoms with Crippen molar-refractivity contribution in [2.45, 2.75) is 52.1 Å². The molecule has 0 spiro atoms. The molecule has 1 fully saturated rings. The Bertz CT molecular complexity index is 1100. The van der Waals surface area contributed by atoms with Crippen LogP contribution in [0.2, 0.25) is 0 Å². The fraction of sp³-hybridized carbons (Fsp3) is 0.478. The third kappa shape index (κ3) is 6.49. The standard InChI is InChI=1S/C23H30N6O2S2/c1-2-31-19-9-7-17(8-10-19)21-26-27-23(32)29(21)14-11-20(30)25-22-24-18(16-33-22)15-28-12-5-3-4-6-13-28/h7-10,16H,2-6,11-15H2,1H3,(H,27,32)(H,24,25,30). The summed E-state index contributed by atoms with van der Waals surface area (Å²) in [5, 5.41) is 12.8. The molecule has 8 nitrogen and oxygen atoms in total. The molecule has 0 saturated carbocycles. The summed E-state index contributed by atoms with van der Waals surface area (Å²) in [4.78, 5) is 19.6. The summed E-state index contributed by atoms with van der Waals surface area (Å²) in [6.45, 7) is 6.10. The monoisotopic (exact) mass is 486 g/mol. The topological polar surface area (TPSA) is 88.1 Å². The molecule has 2 N–H and O–H groups in total. The molecule has 0 radical (unpaired) electrons. The highest BCUT2D eigenvalue weighted by molar-refractivity contribution is 7.71. The zero-order valence-electron chi connectivity index (χ0n) is 18.9. The predicted octanol–water partition coefficient (Wildman–Crippen LogP) is 4.87. The van der Waals surface area contributed by atoms with Gasteiger partial charge < -0.3 is 10.1 Å². The second-order valence-corrected chi connectivity index (χ2v) is 9.34. The first kappa shape index (κ1) is 23.6. The fourth-order valence-electron chi connectivity index (χ4n) is 3.97. The summed E-state index contributed by atoms with van der Waals surface area (Å²) in [6, 6.07) is 7.68. The molecule has 0 unspecified atom stereocenters. The molecule has 4 rings (SSSR count). The van der Waals surface area contributed by atoms with Crippen molar-refractivity contribution in [3.05, 3.63) is 40.1 Å². The van der Waals surface area contributed by atoms with Crippen molar-refractivity contribution in [3.8, 4) is 17.1 Å². The molecule has 10 heteroatoms. The summed E-state index contributed by atoms with van der Waals surface area (Å²) in [5.74, 6) is 1.41. The molecule has 176 valence electrons. The number of H-pyrrole nitrogens is 1. The van der Waals surface area contributed by atoms with Crippen LogP contribution in [0.4, 0.5) is 5.13 Å². The molecule has 0 atom stereocenters. The van der Waals surface area contributed by atoms with E-state index in [4.69, 9.17) is 17.0 Å². The molecular weight excluding hydrogens is 456 g/mol. The summed E-state index contributed by atoms with van der Waals surface area (Å²) in [6.07, 6.45) is 5.41. The van der Waals surface area contributed by atoms with Crippen LogP contribution in [0.5, 0.6) is 5.75 Å². The number of rotatable bonds is 9. The Hall–Kier alpha value is -2.56. The third-order valence-electron chi connectivity index (χ3n) is 5.63. The predicted molar refractivity (Wildman–Crippen MR) is 133 cm³/mol. The molecule has 1 aromatic carbocycles. The van der Waals surface area contributed by atoms with E-state index in [1.807, 2.05) is 41.1 Å². The molecule has 1 aliphatic heterocycles. The normalized spacial score (nSPS) is 14.7. The summed E-state index contributed by atoms with van der Waals surface area (Å²) in [5.41, 5.74) is 1.93. The van der Waals surface area contributed by atoms with Gasteiger partial charge in [0.1, 0.15) is 5.75 Å². The highest BCUT2D eigenvalue weighted by Crippen LogP contribution is 2.22. The van der Waals surface area contributed by atoms with Crippen molar-refractivity contribution < 1.29 is 9.53 Å². The molecule has 1 amide bonds. The van der Waals surface area contributed by atoms with E-state index in [9.17, 15) is 4.79 Å². The van der Waals surface area contributed by atoms with Crippen molar-refractivity contribution in [3.63, 3.8) is 0 Å².